The van der Waals surface area contributed by atoms with E-state index in [1.165, 1.54) is 0 Å². The fraction of sp³-hybridized carbons (Fsp3) is 0.833. The molecule has 0 aliphatic rings. The van der Waals surface area contributed by atoms with Crippen molar-refractivity contribution in [2.24, 2.45) is 11.7 Å². The standard InChI is InChI=1S/C12H23N3O/c1-11(9-14)10-15(2)12(16)7-5-3-4-6-8-13/h11H,3-8,10,13H2,1-2H3. The van der Waals surface area contributed by atoms with Crippen LogP contribution in [0.4, 0.5) is 0 Å². The number of carbonyl (C=O) groups is 1. The van der Waals surface area contributed by atoms with Gasteiger partial charge in [-0.1, -0.05) is 12.8 Å². The van der Waals surface area contributed by atoms with Crippen molar-refractivity contribution in [3.63, 3.8) is 0 Å². The number of unbranched alkanes of at least 4 members (excludes halogenated alkanes) is 3. The highest BCUT2D eigenvalue weighted by molar-refractivity contribution is 5.75. The van der Waals surface area contributed by atoms with E-state index in [0.29, 0.717) is 13.0 Å². The van der Waals surface area contributed by atoms with Gasteiger partial charge in [-0.3, -0.25) is 4.79 Å². The highest BCUT2D eigenvalue weighted by atomic mass is 16.2. The van der Waals surface area contributed by atoms with Crippen molar-refractivity contribution >= 4 is 5.91 Å². The van der Waals surface area contributed by atoms with Crippen molar-refractivity contribution in [2.75, 3.05) is 20.1 Å². The van der Waals surface area contributed by atoms with Gasteiger partial charge in [0, 0.05) is 20.0 Å². The summed E-state index contributed by atoms with van der Waals surface area (Å²) in [5.74, 6) is 0.0426. The van der Waals surface area contributed by atoms with E-state index in [0.717, 1.165) is 32.2 Å². The predicted molar refractivity (Wildman–Crippen MR) is 64.6 cm³/mol. The smallest absolute Gasteiger partial charge is 0.222 e. The minimum Gasteiger partial charge on any atom is -0.344 e. The van der Waals surface area contributed by atoms with Gasteiger partial charge in [-0.2, -0.15) is 5.26 Å². The van der Waals surface area contributed by atoms with Crippen molar-refractivity contribution in [1.82, 2.24) is 4.90 Å². The zero-order chi connectivity index (χ0) is 12.4. The number of amides is 1. The quantitative estimate of drug-likeness (QED) is 0.637. The van der Waals surface area contributed by atoms with E-state index in [4.69, 9.17) is 11.0 Å². The van der Waals surface area contributed by atoms with E-state index in [-0.39, 0.29) is 11.8 Å². The Morgan fingerprint density at radius 3 is 2.56 bits per heavy atom. The van der Waals surface area contributed by atoms with E-state index in [9.17, 15) is 4.79 Å². The summed E-state index contributed by atoms with van der Waals surface area (Å²) in [4.78, 5) is 13.3. The summed E-state index contributed by atoms with van der Waals surface area (Å²) in [5, 5.41) is 8.64. The summed E-state index contributed by atoms with van der Waals surface area (Å²) in [6, 6.07) is 2.13. The lowest BCUT2D eigenvalue weighted by molar-refractivity contribution is -0.130. The predicted octanol–water partition coefficient (Wildman–Crippen LogP) is 1.51. The van der Waals surface area contributed by atoms with Gasteiger partial charge in [0.05, 0.1) is 12.0 Å². The maximum atomic E-state index is 11.6. The number of nitriles is 1. The summed E-state index contributed by atoms with van der Waals surface area (Å²) < 4.78 is 0. The first kappa shape index (κ1) is 14.9. The summed E-state index contributed by atoms with van der Waals surface area (Å²) in [6.45, 7) is 3.08. The minimum absolute atomic E-state index is 0.0915. The van der Waals surface area contributed by atoms with Crippen LogP contribution in [0.5, 0.6) is 0 Å². The van der Waals surface area contributed by atoms with Crippen LogP contribution in [0.25, 0.3) is 0 Å². The fourth-order valence-corrected chi connectivity index (χ4v) is 1.52. The molecular formula is C12H23N3O. The molecule has 4 nitrogen and oxygen atoms in total. The van der Waals surface area contributed by atoms with Gasteiger partial charge in [-0.15, -0.1) is 0 Å². The van der Waals surface area contributed by atoms with Crippen LogP contribution in [-0.4, -0.2) is 30.9 Å². The number of carbonyl (C=O) groups excluding carboxylic acids is 1. The molecule has 1 amide bonds. The molecule has 0 fully saturated rings. The molecular weight excluding hydrogens is 202 g/mol. The van der Waals surface area contributed by atoms with Gasteiger partial charge in [-0.25, -0.2) is 0 Å². The number of nitrogens with two attached hydrogens (primary N) is 1. The lowest BCUT2D eigenvalue weighted by Gasteiger charge is -2.18. The third-order valence-corrected chi connectivity index (χ3v) is 2.54. The first-order valence-corrected chi connectivity index (χ1v) is 5.95. The van der Waals surface area contributed by atoms with Gasteiger partial charge in [0.2, 0.25) is 5.91 Å². The molecule has 0 aromatic heterocycles. The molecule has 92 valence electrons. The summed E-state index contributed by atoms with van der Waals surface area (Å²) in [5.41, 5.74) is 5.38. The Hall–Kier alpha value is -1.08. The monoisotopic (exact) mass is 225 g/mol. The number of nitrogens with zero attached hydrogens (tertiary/aromatic N) is 2. The molecule has 0 heterocycles. The van der Waals surface area contributed by atoms with Crippen molar-refractivity contribution in [1.29, 1.82) is 5.26 Å². The minimum atomic E-state index is -0.0915. The molecule has 16 heavy (non-hydrogen) atoms. The van der Waals surface area contributed by atoms with E-state index >= 15 is 0 Å². The topological polar surface area (TPSA) is 70.1 Å². The van der Waals surface area contributed by atoms with Crippen LogP contribution >= 0.6 is 0 Å². The number of rotatable bonds is 8. The molecule has 0 saturated carbocycles. The molecule has 0 saturated heterocycles. The van der Waals surface area contributed by atoms with Gasteiger partial charge in [0.25, 0.3) is 0 Å². The summed E-state index contributed by atoms with van der Waals surface area (Å²) in [7, 11) is 1.76. The molecule has 0 aromatic rings. The Kier molecular flexibility index (Phi) is 8.55. The molecule has 0 radical (unpaired) electrons. The van der Waals surface area contributed by atoms with Crippen LogP contribution in [0.3, 0.4) is 0 Å². The van der Waals surface area contributed by atoms with Crippen LogP contribution in [0, 0.1) is 17.2 Å². The first-order valence-electron chi connectivity index (χ1n) is 5.95. The Balaban J connectivity index is 3.60. The number of hydrogen-bond donors (Lipinski definition) is 1. The molecule has 0 rings (SSSR count). The third-order valence-electron chi connectivity index (χ3n) is 2.54. The molecule has 4 heteroatoms. The van der Waals surface area contributed by atoms with Crippen molar-refractivity contribution in [2.45, 2.75) is 39.0 Å². The second-order valence-electron chi connectivity index (χ2n) is 4.26. The number of hydrogen-bond acceptors (Lipinski definition) is 3. The first-order chi connectivity index (χ1) is 7.61. The van der Waals surface area contributed by atoms with E-state index < -0.39 is 0 Å². The maximum Gasteiger partial charge on any atom is 0.222 e. The zero-order valence-corrected chi connectivity index (χ0v) is 10.4. The average molecular weight is 225 g/mol. The Bertz CT molecular complexity index is 235. The van der Waals surface area contributed by atoms with Crippen molar-refractivity contribution in [3.8, 4) is 6.07 Å². The Labute approximate surface area is 98.4 Å². The van der Waals surface area contributed by atoms with Crippen LogP contribution in [-0.2, 0) is 4.79 Å². The second-order valence-corrected chi connectivity index (χ2v) is 4.26. The molecule has 1 atom stereocenters. The molecule has 0 aliphatic carbocycles. The Morgan fingerprint density at radius 2 is 2.00 bits per heavy atom. The largest absolute Gasteiger partial charge is 0.344 e. The average Bonchev–Trinajstić information content (AvgIpc) is 2.28. The normalized spacial score (nSPS) is 11.9. The van der Waals surface area contributed by atoms with Gasteiger partial charge in [0.15, 0.2) is 0 Å². The van der Waals surface area contributed by atoms with Gasteiger partial charge in [0.1, 0.15) is 0 Å². The second kappa shape index (κ2) is 9.17. The summed E-state index contributed by atoms with van der Waals surface area (Å²) >= 11 is 0. The highest BCUT2D eigenvalue weighted by Crippen LogP contribution is 2.05. The molecule has 2 N–H and O–H groups in total. The molecule has 0 aliphatic heterocycles. The fourth-order valence-electron chi connectivity index (χ4n) is 1.52. The maximum absolute atomic E-state index is 11.6. The third kappa shape index (κ3) is 7.24. The molecule has 1 unspecified atom stereocenters. The molecule has 0 aromatic carbocycles. The van der Waals surface area contributed by atoms with E-state index in [1.807, 2.05) is 6.92 Å². The summed E-state index contributed by atoms with van der Waals surface area (Å²) in [6.07, 6.45) is 4.70. The zero-order valence-electron chi connectivity index (χ0n) is 10.4. The molecule has 0 spiro atoms. The van der Waals surface area contributed by atoms with Crippen LogP contribution in [0.15, 0.2) is 0 Å². The Morgan fingerprint density at radius 1 is 1.38 bits per heavy atom. The van der Waals surface area contributed by atoms with Crippen LogP contribution in [0.2, 0.25) is 0 Å². The lowest BCUT2D eigenvalue weighted by atomic mass is 10.1. The van der Waals surface area contributed by atoms with Crippen LogP contribution in [0.1, 0.15) is 39.0 Å². The van der Waals surface area contributed by atoms with Gasteiger partial charge < -0.3 is 10.6 Å². The van der Waals surface area contributed by atoms with Gasteiger partial charge in [-0.05, 0) is 26.3 Å². The highest BCUT2D eigenvalue weighted by Gasteiger charge is 2.11. The van der Waals surface area contributed by atoms with Crippen LogP contribution < -0.4 is 5.73 Å². The molecule has 0 bridgehead atoms. The van der Waals surface area contributed by atoms with Crippen molar-refractivity contribution < 1.29 is 4.79 Å². The van der Waals surface area contributed by atoms with E-state index in [2.05, 4.69) is 6.07 Å². The van der Waals surface area contributed by atoms with Gasteiger partial charge >= 0.3 is 0 Å². The van der Waals surface area contributed by atoms with E-state index in [1.54, 1.807) is 11.9 Å². The lowest BCUT2D eigenvalue weighted by Crippen LogP contribution is -2.30. The SMILES string of the molecule is CC(C#N)CN(C)C(=O)CCCCCCN. The van der Waals surface area contributed by atoms with Crippen molar-refractivity contribution in [3.05, 3.63) is 0 Å².